The molecule has 2 fully saturated rings. The number of hydrogen-bond acceptors (Lipinski definition) is 7. The number of methoxy groups -OCH3 is 1. The zero-order valence-corrected chi connectivity index (χ0v) is 20.0. The van der Waals surface area contributed by atoms with Crippen molar-refractivity contribution >= 4 is 23.4 Å². The Bertz CT molecular complexity index is 1030. The molecule has 36 heavy (non-hydrogen) atoms. The highest BCUT2D eigenvalue weighted by molar-refractivity contribution is 5.81. The monoisotopic (exact) mass is 506 g/mol. The maximum absolute atomic E-state index is 12.7. The van der Waals surface area contributed by atoms with Gasteiger partial charge in [-0.2, -0.15) is 13.2 Å². The van der Waals surface area contributed by atoms with E-state index in [0.717, 1.165) is 23.7 Å². The molecule has 0 aliphatic carbocycles. The van der Waals surface area contributed by atoms with E-state index in [-0.39, 0.29) is 18.4 Å². The number of piperazine rings is 1. The first-order valence-electron chi connectivity index (χ1n) is 11.9. The van der Waals surface area contributed by atoms with Gasteiger partial charge in [0.05, 0.1) is 18.6 Å². The first kappa shape index (κ1) is 25.6. The molecule has 11 heteroatoms. The second-order valence-corrected chi connectivity index (χ2v) is 8.84. The Morgan fingerprint density at radius 3 is 2.17 bits per heavy atom. The van der Waals surface area contributed by atoms with Crippen molar-refractivity contribution in [3.8, 4) is 5.75 Å². The van der Waals surface area contributed by atoms with Crippen molar-refractivity contribution in [3.05, 3.63) is 48.2 Å². The van der Waals surface area contributed by atoms with Crippen LogP contribution in [0.25, 0.3) is 0 Å². The molecule has 3 heterocycles. The smallest absolute Gasteiger partial charge is 0.417 e. The van der Waals surface area contributed by atoms with Gasteiger partial charge in [0.1, 0.15) is 11.6 Å². The Labute approximate surface area is 207 Å². The molecule has 1 aromatic carbocycles. The Morgan fingerprint density at radius 2 is 1.61 bits per heavy atom. The Kier molecular flexibility index (Phi) is 7.85. The largest absolute Gasteiger partial charge is 0.497 e. The van der Waals surface area contributed by atoms with Gasteiger partial charge in [-0.15, -0.1) is 0 Å². The molecular weight excluding hydrogens is 477 g/mol. The number of hydrogen-bond donors (Lipinski definition) is 0. The quantitative estimate of drug-likeness (QED) is 0.557. The second-order valence-electron chi connectivity index (χ2n) is 8.84. The fourth-order valence-electron chi connectivity index (χ4n) is 4.43. The Balaban J connectivity index is 1.18. The van der Waals surface area contributed by atoms with Crippen molar-refractivity contribution < 1.29 is 32.2 Å². The average Bonchev–Trinajstić information content (AvgIpc) is 2.91. The summed E-state index contributed by atoms with van der Waals surface area (Å²) in [5, 5.41) is 0. The number of piperidine rings is 1. The molecule has 4 rings (SSSR count). The number of esters is 1. The number of nitrogens with zero attached hydrogens (tertiary/aromatic N) is 4. The lowest BCUT2D eigenvalue weighted by molar-refractivity contribution is -0.156. The van der Waals surface area contributed by atoms with E-state index < -0.39 is 17.7 Å². The van der Waals surface area contributed by atoms with E-state index >= 15 is 0 Å². The minimum atomic E-state index is -4.43. The highest BCUT2D eigenvalue weighted by Gasteiger charge is 2.32. The number of aromatic nitrogens is 1. The van der Waals surface area contributed by atoms with Gasteiger partial charge in [0, 0.05) is 51.2 Å². The van der Waals surface area contributed by atoms with Crippen LogP contribution in [0, 0.1) is 5.92 Å². The molecule has 0 bridgehead atoms. The van der Waals surface area contributed by atoms with Gasteiger partial charge < -0.3 is 24.2 Å². The zero-order valence-electron chi connectivity index (χ0n) is 20.0. The van der Waals surface area contributed by atoms with E-state index in [9.17, 15) is 22.8 Å². The van der Waals surface area contributed by atoms with Gasteiger partial charge in [0.2, 0.25) is 0 Å². The SMILES string of the molecule is COc1ccc(N2CCN(C(=O)COC(=O)C3CCN(c4ccc(C(F)(F)F)cn4)CC3)CC2)cc1. The van der Waals surface area contributed by atoms with Crippen molar-refractivity contribution in [2.75, 3.05) is 62.8 Å². The summed E-state index contributed by atoms with van der Waals surface area (Å²) in [6, 6.07) is 10.1. The lowest BCUT2D eigenvalue weighted by Crippen LogP contribution is -2.50. The summed E-state index contributed by atoms with van der Waals surface area (Å²) in [6.45, 7) is 3.10. The van der Waals surface area contributed by atoms with Crippen LogP contribution < -0.4 is 14.5 Å². The maximum Gasteiger partial charge on any atom is 0.417 e. The highest BCUT2D eigenvalue weighted by atomic mass is 19.4. The van der Waals surface area contributed by atoms with Crippen LogP contribution in [0.1, 0.15) is 18.4 Å². The van der Waals surface area contributed by atoms with Crippen LogP contribution >= 0.6 is 0 Å². The van der Waals surface area contributed by atoms with Crippen molar-refractivity contribution in [2.24, 2.45) is 5.92 Å². The van der Waals surface area contributed by atoms with E-state index in [1.165, 1.54) is 6.07 Å². The van der Waals surface area contributed by atoms with Gasteiger partial charge in [-0.25, -0.2) is 4.98 Å². The summed E-state index contributed by atoms with van der Waals surface area (Å²) in [5.41, 5.74) is 0.267. The number of ether oxygens (including phenoxy) is 2. The molecule has 1 amide bonds. The zero-order chi connectivity index (χ0) is 25.7. The molecule has 0 radical (unpaired) electrons. The summed E-state index contributed by atoms with van der Waals surface area (Å²) in [4.78, 5) is 34.7. The fourth-order valence-corrected chi connectivity index (χ4v) is 4.43. The summed E-state index contributed by atoms with van der Waals surface area (Å²) in [6.07, 6.45) is -2.64. The number of rotatable bonds is 6. The number of amides is 1. The first-order valence-corrected chi connectivity index (χ1v) is 11.9. The minimum Gasteiger partial charge on any atom is -0.497 e. The van der Waals surface area contributed by atoms with Crippen LogP contribution in [-0.4, -0.2) is 74.7 Å². The molecule has 0 unspecified atom stereocenters. The number of benzene rings is 1. The molecule has 2 saturated heterocycles. The van der Waals surface area contributed by atoms with Crippen molar-refractivity contribution in [1.29, 1.82) is 0 Å². The van der Waals surface area contributed by atoms with E-state index in [1.54, 1.807) is 12.0 Å². The predicted octanol–water partition coefficient (Wildman–Crippen LogP) is 3.22. The lowest BCUT2D eigenvalue weighted by Gasteiger charge is -2.36. The molecule has 8 nitrogen and oxygen atoms in total. The van der Waals surface area contributed by atoms with Gasteiger partial charge in [-0.05, 0) is 49.2 Å². The number of carbonyl (C=O) groups is 2. The number of carbonyl (C=O) groups excluding carboxylic acids is 2. The minimum absolute atomic E-state index is 0.218. The number of anilines is 2. The number of halogens is 3. The third kappa shape index (κ3) is 6.19. The molecular formula is C25H29F3N4O4. The van der Waals surface area contributed by atoms with Crippen molar-refractivity contribution in [3.63, 3.8) is 0 Å². The Morgan fingerprint density at radius 1 is 0.944 bits per heavy atom. The summed E-state index contributed by atoms with van der Waals surface area (Å²) in [5.74, 6) is 0.245. The van der Waals surface area contributed by atoms with Gasteiger partial charge >= 0.3 is 12.1 Å². The second kappa shape index (κ2) is 11.0. The topological polar surface area (TPSA) is 75.2 Å². The maximum atomic E-state index is 12.7. The average molecular weight is 507 g/mol. The van der Waals surface area contributed by atoms with Gasteiger partial charge in [0.15, 0.2) is 6.61 Å². The van der Waals surface area contributed by atoms with Crippen LogP contribution in [0.4, 0.5) is 24.7 Å². The number of alkyl halides is 3. The van der Waals surface area contributed by atoms with Crippen molar-refractivity contribution in [2.45, 2.75) is 19.0 Å². The van der Waals surface area contributed by atoms with Crippen LogP contribution in [0.5, 0.6) is 5.75 Å². The first-order chi connectivity index (χ1) is 17.2. The van der Waals surface area contributed by atoms with Crippen LogP contribution in [-0.2, 0) is 20.5 Å². The van der Waals surface area contributed by atoms with Gasteiger partial charge in [0.25, 0.3) is 5.91 Å². The van der Waals surface area contributed by atoms with E-state index in [2.05, 4.69) is 9.88 Å². The third-order valence-electron chi connectivity index (χ3n) is 6.64. The summed E-state index contributed by atoms with van der Waals surface area (Å²) in [7, 11) is 1.62. The standard InChI is InChI=1S/C25H29F3N4O4/c1-35-21-5-3-20(4-6-21)30-12-14-32(15-13-30)23(33)17-36-24(34)18-8-10-31(11-9-18)22-7-2-19(16-29-22)25(26,27)28/h2-7,16,18H,8-15,17H2,1H3. The molecule has 2 aromatic rings. The molecule has 0 spiro atoms. The van der Waals surface area contributed by atoms with Crippen LogP contribution in [0.15, 0.2) is 42.6 Å². The summed E-state index contributed by atoms with van der Waals surface area (Å²) < 4.78 is 48.7. The van der Waals surface area contributed by atoms with Gasteiger partial charge in [-0.3, -0.25) is 9.59 Å². The van der Waals surface area contributed by atoms with E-state index in [1.807, 2.05) is 29.2 Å². The van der Waals surface area contributed by atoms with Crippen LogP contribution in [0.2, 0.25) is 0 Å². The summed E-state index contributed by atoms with van der Waals surface area (Å²) >= 11 is 0. The molecule has 2 aliphatic rings. The molecule has 0 saturated carbocycles. The van der Waals surface area contributed by atoms with Gasteiger partial charge in [-0.1, -0.05) is 0 Å². The van der Waals surface area contributed by atoms with E-state index in [4.69, 9.17) is 9.47 Å². The molecule has 1 aromatic heterocycles. The third-order valence-corrected chi connectivity index (χ3v) is 6.64. The Hall–Kier alpha value is -3.50. The van der Waals surface area contributed by atoms with Crippen LogP contribution in [0.3, 0.4) is 0 Å². The lowest BCUT2D eigenvalue weighted by atomic mass is 9.97. The molecule has 0 atom stereocenters. The molecule has 2 aliphatic heterocycles. The molecule has 194 valence electrons. The fraction of sp³-hybridized carbons (Fsp3) is 0.480. The van der Waals surface area contributed by atoms with E-state index in [0.29, 0.717) is 57.9 Å². The number of pyridine rings is 1. The highest BCUT2D eigenvalue weighted by Crippen LogP contribution is 2.30. The normalized spacial score (nSPS) is 17.2. The molecule has 0 N–H and O–H groups in total. The predicted molar refractivity (Wildman–Crippen MR) is 127 cm³/mol. The van der Waals surface area contributed by atoms with Crippen molar-refractivity contribution in [1.82, 2.24) is 9.88 Å².